The Morgan fingerprint density at radius 2 is 1.61 bits per heavy atom. The predicted molar refractivity (Wildman–Crippen MR) is 109 cm³/mol. The van der Waals surface area contributed by atoms with Crippen LogP contribution in [0.2, 0.25) is 0 Å². The fraction of sp³-hybridized carbons (Fsp3) is 0.500. The molecule has 2 amide bonds. The van der Waals surface area contributed by atoms with Crippen molar-refractivity contribution in [3.63, 3.8) is 0 Å². The molecule has 6 nitrogen and oxygen atoms in total. The lowest BCUT2D eigenvalue weighted by Crippen LogP contribution is -2.34. The Balaban J connectivity index is 1.67. The van der Waals surface area contributed by atoms with Crippen molar-refractivity contribution in [2.45, 2.75) is 51.5 Å². The molecule has 28 heavy (non-hydrogen) atoms. The van der Waals surface area contributed by atoms with Crippen LogP contribution in [0.25, 0.3) is 0 Å². The van der Waals surface area contributed by atoms with Crippen LogP contribution in [0.1, 0.15) is 65.3 Å². The lowest BCUT2D eigenvalue weighted by Gasteiger charge is -2.22. The standard InChI is InChI=1S/C22H28N4O2/c1-24(17-11-5-4-6-12-17)21(27)19-18-13-7-10-16-26(18)20(23-19)22(28)25-14-8-2-3-9-15-25/h4-6,11-12H,2-3,7-10,13-16H2,1H3. The average molecular weight is 380 g/mol. The zero-order chi connectivity index (χ0) is 19.5. The van der Waals surface area contributed by atoms with Crippen LogP contribution in [0.3, 0.4) is 0 Å². The molecule has 1 fully saturated rings. The van der Waals surface area contributed by atoms with Crippen molar-refractivity contribution in [1.82, 2.24) is 14.5 Å². The van der Waals surface area contributed by atoms with E-state index in [4.69, 9.17) is 0 Å². The maximum absolute atomic E-state index is 13.2. The number of hydrogen-bond donors (Lipinski definition) is 0. The third-order valence-electron chi connectivity index (χ3n) is 5.85. The maximum Gasteiger partial charge on any atom is 0.289 e. The third kappa shape index (κ3) is 3.55. The second-order valence-corrected chi connectivity index (χ2v) is 7.75. The summed E-state index contributed by atoms with van der Waals surface area (Å²) in [6, 6.07) is 9.57. The van der Waals surface area contributed by atoms with E-state index >= 15 is 0 Å². The monoisotopic (exact) mass is 380 g/mol. The number of rotatable bonds is 3. The molecule has 0 spiro atoms. The quantitative estimate of drug-likeness (QED) is 0.819. The topological polar surface area (TPSA) is 58.4 Å². The molecule has 0 aliphatic carbocycles. The Hall–Kier alpha value is -2.63. The van der Waals surface area contributed by atoms with Crippen LogP contribution in [0.15, 0.2) is 30.3 Å². The van der Waals surface area contributed by atoms with Crippen LogP contribution in [0.5, 0.6) is 0 Å². The molecule has 0 atom stereocenters. The SMILES string of the molecule is CN(C(=O)c1nc(C(=O)N2CCCCCC2)n2c1CCCC2)c1ccccc1. The largest absolute Gasteiger partial charge is 0.336 e. The van der Waals surface area contributed by atoms with Gasteiger partial charge in [0, 0.05) is 32.4 Å². The number of nitrogens with zero attached hydrogens (tertiary/aromatic N) is 4. The van der Waals surface area contributed by atoms with E-state index in [9.17, 15) is 9.59 Å². The van der Waals surface area contributed by atoms with E-state index in [1.54, 1.807) is 11.9 Å². The van der Waals surface area contributed by atoms with Gasteiger partial charge >= 0.3 is 0 Å². The molecule has 4 rings (SSSR count). The number of benzene rings is 1. The van der Waals surface area contributed by atoms with E-state index in [0.717, 1.165) is 63.1 Å². The smallest absolute Gasteiger partial charge is 0.289 e. The number of anilines is 1. The number of likely N-dealkylation sites (tertiary alicyclic amines) is 1. The van der Waals surface area contributed by atoms with Crippen LogP contribution in [-0.4, -0.2) is 46.4 Å². The number of para-hydroxylation sites is 1. The Bertz CT molecular complexity index is 851. The van der Waals surface area contributed by atoms with Crippen LogP contribution in [0, 0.1) is 0 Å². The Morgan fingerprint density at radius 3 is 2.32 bits per heavy atom. The summed E-state index contributed by atoms with van der Waals surface area (Å²) in [7, 11) is 1.77. The highest BCUT2D eigenvalue weighted by molar-refractivity contribution is 6.06. The first-order valence-electron chi connectivity index (χ1n) is 10.4. The summed E-state index contributed by atoms with van der Waals surface area (Å²) in [5, 5.41) is 0. The maximum atomic E-state index is 13.2. The Kier molecular flexibility index (Phi) is 5.46. The molecule has 0 saturated carbocycles. The summed E-state index contributed by atoms with van der Waals surface area (Å²) in [4.78, 5) is 34.6. The molecule has 6 heteroatoms. The molecule has 0 N–H and O–H groups in total. The van der Waals surface area contributed by atoms with E-state index in [1.165, 1.54) is 12.8 Å². The number of hydrogen-bond acceptors (Lipinski definition) is 3. The zero-order valence-corrected chi connectivity index (χ0v) is 16.6. The molecule has 1 aromatic heterocycles. The van der Waals surface area contributed by atoms with Crippen LogP contribution in [-0.2, 0) is 13.0 Å². The first kappa shape index (κ1) is 18.7. The fourth-order valence-corrected chi connectivity index (χ4v) is 4.22. The lowest BCUT2D eigenvalue weighted by molar-refractivity contribution is 0.0743. The second-order valence-electron chi connectivity index (χ2n) is 7.75. The van der Waals surface area contributed by atoms with Crippen LogP contribution >= 0.6 is 0 Å². The summed E-state index contributed by atoms with van der Waals surface area (Å²) in [5.74, 6) is 0.277. The van der Waals surface area contributed by atoms with Gasteiger partial charge in [-0.2, -0.15) is 0 Å². The van der Waals surface area contributed by atoms with Crippen molar-refractivity contribution in [2.24, 2.45) is 0 Å². The number of carbonyl (C=O) groups excluding carboxylic acids is 2. The van der Waals surface area contributed by atoms with Gasteiger partial charge in [-0.25, -0.2) is 4.98 Å². The molecule has 148 valence electrons. The summed E-state index contributed by atoms with van der Waals surface area (Å²) in [6.07, 6.45) is 7.28. The van der Waals surface area contributed by atoms with Crippen molar-refractivity contribution in [1.29, 1.82) is 0 Å². The summed E-state index contributed by atoms with van der Waals surface area (Å²) in [6.45, 7) is 2.34. The zero-order valence-electron chi connectivity index (χ0n) is 16.6. The molecular formula is C22H28N4O2. The number of amides is 2. The average Bonchev–Trinajstić information content (AvgIpc) is 2.92. The number of carbonyl (C=O) groups is 2. The van der Waals surface area contributed by atoms with Crippen molar-refractivity contribution < 1.29 is 9.59 Å². The summed E-state index contributed by atoms with van der Waals surface area (Å²) < 4.78 is 2.00. The van der Waals surface area contributed by atoms with Gasteiger partial charge in [-0.1, -0.05) is 31.0 Å². The van der Waals surface area contributed by atoms with Gasteiger partial charge in [0.25, 0.3) is 11.8 Å². The Morgan fingerprint density at radius 1 is 0.929 bits per heavy atom. The van der Waals surface area contributed by atoms with Crippen molar-refractivity contribution in [3.05, 3.63) is 47.5 Å². The van der Waals surface area contributed by atoms with E-state index in [2.05, 4.69) is 4.98 Å². The third-order valence-corrected chi connectivity index (χ3v) is 5.85. The first-order chi connectivity index (χ1) is 13.7. The Labute approximate surface area is 166 Å². The van der Waals surface area contributed by atoms with Crippen molar-refractivity contribution in [3.8, 4) is 0 Å². The fourth-order valence-electron chi connectivity index (χ4n) is 4.22. The van der Waals surface area contributed by atoms with Crippen LogP contribution in [0.4, 0.5) is 5.69 Å². The van der Waals surface area contributed by atoms with Gasteiger partial charge in [-0.05, 0) is 44.2 Å². The minimum Gasteiger partial charge on any atom is -0.336 e. The molecule has 1 saturated heterocycles. The number of aromatic nitrogens is 2. The van der Waals surface area contributed by atoms with Gasteiger partial charge in [0.15, 0.2) is 11.5 Å². The molecule has 1 aromatic carbocycles. The molecule has 2 aliphatic rings. The molecule has 0 radical (unpaired) electrons. The predicted octanol–water partition coefficient (Wildman–Crippen LogP) is 3.51. The van der Waals surface area contributed by atoms with E-state index in [0.29, 0.717) is 11.5 Å². The molecule has 2 aromatic rings. The number of fused-ring (bicyclic) bond motifs is 1. The van der Waals surface area contributed by atoms with Gasteiger partial charge in [0.05, 0.1) is 5.69 Å². The lowest BCUT2D eigenvalue weighted by atomic mass is 10.1. The molecule has 0 bridgehead atoms. The highest BCUT2D eigenvalue weighted by Gasteiger charge is 2.31. The van der Waals surface area contributed by atoms with E-state index in [1.807, 2.05) is 39.8 Å². The van der Waals surface area contributed by atoms with E-state index in [-0.39, 0.29) is 11.8 Å². The summed E-state index contributed by atoms with van der Waals surface area (Å²) in [5.41, 5.74) is 2.17. The highest BCUT2D eigenvalue weighted by atomic mass is 16.2. The molecule has 3 heterocycles. The first-order valence-corrected chi connectivity index (χ1v) is 10.4. The number of imidazole rings is 1. The van der Waals surface area contributed by atoms with Gasteiger partial charge in [0.1, 0.15) is 0 Å². The second kappa shape index (κ2) is 8.17. The highest BCUT2D eigenvalue weighted by Crippen LogP contribution is 2.25. The van der Waals surface area contributed by atoms with Crippen LogP contribution < -0.4 is 4.90 Å². The summed E-state index contributed by atoms with van der Waals surface area (Å²) >= 11 is 0. The minimum atomic E-state index is -0.147. The van der Waals surface area contributed by atoms with Gasteiger partial charge in [-0.3, -0.25) is 9.59 Å². The van der Waals surface area contributed by atoms with Crippen molar-refractivity contribution >= 4 is 17.5 Å². The molecule has 2 aliphatic heterocycles. The normalized spacial score (nSPS) is 17.0. The molecule has 0 unspecified atom stereocenters. The van der Waals surface area contributed by atoms with Gasteiger partial charge in [-0.15, -0.1) is 0 Å². The van der Waals surface area contributed by atoms with Crippen molar-refractivity contribution in [2.75, 3.05) is 25.0 Å². The van der Waals surface area contributed by atoms with Gasteiger partial charge < -0.3 is 14.4 Å². The molecular weight excluding hydrogens is 352 g/mol. The minimum absolute atomic E-state index is 0.0218. The van der Waals surface area contributed by atoms with Gasteiger partial charge in [0.2, 0.25) is 0 Å². The van der Waals surface area contributed by atoms with E-state index < -0.39 is 0 Å².